The minimum atomic E-state index is -0.941. The van der Waals surface area contributed by atoms with Gasteiger partial charge in [0.1, 0.15) is 29.7 Å². The zero-order chi connectivity index (χ0) is 40.5. The van der Waals surface area contributed by atoms with Crippen LogP contribution in [0.2, 0.25) is 0 Å². The van der Waals surface area contributed by atoms with Gasteiger partial charge in [0.25, 0.3) is 0 Å². The van der Waals surface area contributed by atoms with Gasteiger partial charge in [-0.05, 0) is 86.1 Å². The normalized spacial score (nSPS) is 17.0. The molecule has 3 heterocycles. The minimum absolute atomic E-state index is 0.0508. The molecule has 302 valence electrons. The number of hydrogen-bond acceptors (Lipinski definition) is 9. The van der Waals surface area contributed by atoms with Crippen molar-refractivity contribution in [3.8, 4) is 5.75 Å². The van der Waals surface area contributed by atoms with E-state index in [1.807, 2.05) is 0 Å². The Hall–Kier alpha value is -5.32. The van der Waals surface area contributed by atoms with Crippen LogP contribution in [0.1, 0.15) is 65.0 Å². The lowest BCUT2D eigenvalue weighted by atomic mass is 9.91. The van der Waals surface area contributed by atoms with Gasteiger partial charge in [0.15, 0.2) is 10.7 Å². The SMILES string of the molecule is COc1ccc(NC(=S)NCC(=O)N[C@H](C(=O)NCC(=O)N[C@H](C(=O)N2CCC[C@H]2C(=O)N2CCC(c3noc4cc(F)ccc34)CC2)C(C)C)C(C)C)cc1. The van der Waals surface area contributed by atoms with E-state index in [1.165, 1.54) is 12.1 Å². The second kappa shape index (κ2) is 19.0. The number of amides is 5. The minimum Gasteiger partial charge on any atom is -0.497 e. The highest BCUT2D eigenvalue weighted by atomic mass is 32.1. The van der Waals surface area contributed by atoms with E-state index < -0.39 is 48.2 Å². The third kappa shape index (κ3) is 10.5. The van der Waals surface area contributed by atoms with Gasteiger partial charge in [-0.3, -0.25) is 24.0 Å². The lowest BCUT2D eigenvalue weighted by Crippen LogP contribution is -2.57. The monoisotopic (exact) mass is 794 g/mol. The second-order valence-corrected chi connectivity index (χ2v) is 15.2. The van der Waals surface area contributed by atoms with Crippen molar-refractivity contribution < 1.29 is 37.6 Å². The van der Waals surface area contributed by atoms with Crippen LogP contribution < -0.4 is 31.3 Å². The fraction of sp³-hybridized carbons (Fsp3) is 0.513. The molecule has 0 unspecified atom stereocenters. The zero-order valence-corrected chi connectivity index (χ0v) is 33.2. The first-order valence-corrected chi connectivity index (χ1v) is 19.4. The van der Waals surface area contributed by atoms with Gasteiger partial charge < -0.3 is 45.6 Å². The van der Waals surface area contributed by atoms with Crippen molar-refractivity contribution in [2.75, 3.05) is 45.2 Å². The molecule has 0 radical (unpaired) electrons. The number of halogens is 1. The summed E-state index contributed by atoms with van der Waals surface area (Å²) in [5.41, 5.74) is 1.85. The summed E-state index contributed by atoms with van der Waals surface area (Å²) in [6.07, 6.45) is 2.47. The van der Waals surface area contributed by atoms with E-state index in [0.29, 0.717) is 62.3 Å². The Morgan fingerprint density at radius 3 is 2.18 bits per heavy atom. The molecule has 1 aromatic heterocycles. The summed E-state index contributed by atoms with van der Waals surface area (Å²) in [6, 6.07) is 8.91. The summed E-state index contributed by atoms with van der Waals surface area (Å²) >= 11 is 5.27. The van der Waals surface area contributed by atoms with Crippen LogP contribution in [-0.2, 0) is 24.0 Å². The van der Waals surface area contributed by atoms with Gasteiger partial charge in [-0.2, -0.15) is 0 Å². The first-order valence-electron chi connectivity index (χ1n) is 18.9. The van der Waals surface area contributed by atoms with E-state index in [0.717, 1.165) is 11.1 Å². The van der Waals surface area contributed by atoms with E-state index >= 15 is 0 Å². The van der Waals surface area contributed by atoms with Gasteiger partial charge in [0, 0.05) is 42.7 Å². The first kappa shape index (κ1) is 41.8. The summed E-state index contributed by atoms with van der Waals surface area (Å²) < 4.78 is 24.1. The number of ether oxygens (including phenoxy) is 1. The molecule has 2 aliphatic rings. The molecule has 3 aromatic rings. The van der Waals surface area contributed by atoms with Crippen LogP contribution in [0.25, 0.3) is 11.0 Å². The predicted molar refractivity (Wildman–Crippen MR) is 211 cm³/mol. The molecule has 3 atom stereocenters. The third-order valence-corrected chi connectivity index (χ3v) is 10.4. The van der Waals surface area contributed by atoms with Crippen molar-refractivity contribution in [2.24, 2.45) is 11.8 Å². The van der Waals surface area contributed by atoms with Crippen molar-refractivity contribution in [1.29, 1.82) is 0 Å². The highest BCUT2D eigenvalue weighted by molar-refractivity contribution is 7.80. The molecule has 17 heteroatoms. The molecule has 2 fully saturated rings. The van der Waals surface area contributed by atoms with Crippen LogP contribution in [0, 0.1) is 17.7 Å². The molecule has 2 saturated heterocycles. The molecule has 5 rings (SSSR count). The second-order valence-electron chi connectivity index (χ2n) is 14.8. The quantitative estimate of drug-likeness (QED) is 0.151. The molecule has 0 aliphatic carbocycles. The van der Waals surface area contributed by atoms with Crippen LogP contribution in [0.15, 0.2) is 47.0 Å². The molecule has 5 amide bonds. The van der Waals surface area contributed by atoms with E-state index in [-0.39, 0.29) is 41.2 Å². The van der Waals surface area contributed by atoms with Crippen LogP contribution >= 0.6 is 12.2 Å². The highest BCUT2D eigenvalue weighted by Crippen LogP contribution is 2.34. The number of nitrogens with one attached hydrogen (secondary N) is 5. The van der Waals surface area contributed by atoms with Crippen molar-refractivity contribution in [2.45, 2.75) is 77.4 Å². The molecule has 15 nitrogen and oxygen atoms in total. The lowest BCUT2D eigenvalue weighted by Gasteiger charge is -2.36. The summed E-state index contributed by atoms with van der Waals surface area (Å²) in [5, 5.41) is 19.0. The molecular formula is C39H51FN8O7S. The summed E-state index contributed by atoms with van der Waals surface area (Å²) in [6.45, 7) is 7.86. The highest BCUT2D eigenvalue weighted by Gasteiger charge is 2.41. The maximum Gasteiger partial charge on any atom is 0.246 e. The number of likely N-dealkylation sites (tertiary alicyclic amines) is 2. The first-order chi connectivity index (χ1) is 26.7. The van der Waals surface area contributed by atoms with Gasteiger partial charge in [-0.1, -0.05) is 32.9 Å². The molecule has 0 spiro atoms. The van der Waals surface area contributed by atoms with Crippen LogP contribution in [0.3, 0.4) is 0 Å². The molecule has 2 aromatic carbocycles. The van der Waals surface area contributed by atoms with Gasteiger partial charge in [-0.25, -0.2) is 4.39 Å². The Morgan fingerprint density at radius 2 is 1.54 bits per heavy atom. The van der Waals surface area contributed by atoms with Gasteiger partial charge in [0.05, 0.1) is 25.9 Å². The standard InChI is InChI=1S/C39H51FN8O7S/c1-22(2)33(44-32(50)21-42-39(56)43-26-9-11-27(54-5)12-10-26)36(51)41-20-31(49)45-34(23(3)4)38(53)48-16-6-7-29(48)37(52)47-17-14-24(15-18-47)35-28-13-8-25(40)19-30(28)55-46-35/h8-13,19,22-24,29,33-34H,6-7,14-18,20-21H2,1-5H3,(H,41,51)(H,44,50)(H,45,49)(H2,42,43,56)/t29-,33-,34-/m0/s1. The van der Waals surface area contributed by atoms with Crippen molar-refractivity contribution in [3.05, 3.63) is 54.0 Å². The van der Waals surface area contributed by atoms with E-state index in [2.05, 4.69) is 31.7 Å². The van der Waals surface area contributed by atoms with Crippen LogP contribution in [0.5, 0.6) is 5.75 Å². The summed E-state index contributed by atoms with van der Waals surface area (Å²) in [4.78, 5) is 70.0. The van der Waals surface area contributed by atoms with E-state index in [9.17, 15) is 28.4 Å². The number of carbonyl (C=O) groups is 5. The van der Waals surface area contributed by atoms with Crippen molar-refractivity contribution >= 4 is 63.5 Å². The summed E-state index contributed by atoms with van der Waals surface area (Å²) in [5.74, 6) is -2.38. The van der Waals surface area contributed by atoms with Crippen molar-refractivity contribution in [3.63, 3.8) is 0 Å². The number of fused-ring (bicyclic) bond motifs is 1. The Kier molecular flexibility index (Phi) is 14.2. The maximum absolute atomic E-state index is 13.9. The number of hydrogen-bond donors (Lipinski definition) is 5. The average molecular weight is 795 g/mol. The predicted octanol–water partition coefficient (Wildman–Crippen LogP) is 3.06. The topological polar surface area (TPSA) is 187 Å². The van der Waals surface area contributed by atoms with Gasteiger partial charge >= 0.3 is 0 Å². The molecule has 56 heavy (non-hydrogen) atoms. The molecule has 5 N–H and O–H groups in total. The fourth-order valence-electron chi connectivity index (χ4n) is 7.06. The zero-order valence-electron chi connectivity index (χ0n) is 32.4. The number of piperidine rings is 1. The number of thiocarbonyl (C=S) groups is 1. The van der Waals surface area contributed by atoms with E-state index in [1.54, 1.807) is 74.9 Å². The Bertz CT molecular complexity index is 1900. The smallest absolute Gasteiger partial charge is 0.246 e. The van der Waals surface area contributed by atoms with Gasteiger partial charge in [-0.15, -0.1) is 0 Å². The lowest BCUT2D eigenvalue weighted by molar-refractivity contribution is -0.146. The van der Waals surface area contributed by atoms with Crippen LogP contribution in [0.4, 0.5) is 10.1 Å². The summed E-state index contributed by atoms with van der Waals surface area (Å²) in [7, 11) is 1.57. The Morgan fingerprint density at radius 1 is 0.893 bits per heavy atom. The van der Waals surface area contributed by atoms with E-state index in [4.69, 9.17) is 21.5 Å². The molecule has 2 aliphatic heterocycles. The number of nitrogens with zero attached hydrogens (tertiary/aromatic N) is 3. The Labute approximate surface area is 330 Å². The average Bonchev–Trinajstić information content (AvgIpc) is 3.85. The number of methoxy groups -OCH3 is 1. The van der Waals surface area contributed by atoms with Gasteiger partial charge in [0.2, 0.25) is 29.5 Å². The van der Waals surface area contributed by atoms with Crippen LogP contribution in [-0.4, -0.2) is 108 Å². The van der Waals surface area contributed by atoms with Crippen molar-refractivity contribution in [1.82, 2.24) is 36.2 Å². The maximum atomic E-state index is 13.9. The molecular weight excluding hydrogens is 744 g/mol. The number of anilines is 1. The third-order valence-electron chi connectivity index (χ3n) is 10.2. The number of aromatic nitrogens is 1. The molecule has 0 saturated carbocycles. The fourth-order valence-corrected chi connectivity index (χ4v) is 7.25. The number of benzene rings is 2. The number of carbonyl (C=O) groups excluding carboxylic acids is 5. The number of rotatable bonds is 14. The largest absolute Gasteiger partial charge is 0.497 e. The Balaban J connectivity index is 1.08. The molecule has 0 bridgehead atoms.